The molecule has 2 aromatic rings. The quantitative estimate of drug-likeness (QED) is 0.775. The molecule has 0 unspecified atom stereocenters. The number of hydrogen-bond donors (Lipinski definition) is 1. The summed E-state index contributed by atoms with van der Waals surface area (Å²) in [5.74, 6) is 0.301. The normalized spacial score (nSPS) is 10.9. The van der Waals surface area contributed by atoms with Crippen LogP contribution in [0.15, 0.2) is 47.5 Å². The molecule has 17 heavy (non-hydrogen) atoms. The van der Waals surface area contributed by atoms with E-state index in [1.165, 1.54) is 0 Å². The summed E-state index contributed by atoms with van der Waals surface area (Å²) in [6, 6.07) is 13.6. The van der Waals surface area contributed by atoms with E-state index in [0.717, 1.165) is 22.4 Å². The summed E-state index contributed by atoms with van der Waals surface area (Å²) in [6.07, 6.45) is 1.70. The van der Waals surface area contributed by atoms with E-state index in [4.69, 9.17) is 0 Å². The number of nitrogens with zero attached hydrogens (tertiary/aromatic N) is 1. The third kappa shape index (κ3) is 2.72. The van der Waals surface area contributed by atoms with E-state index in [0.29, 0.717) is 5.75 Å². The topological polar surface area (TPSA) is 32.6 Å². The molecule has 2 nitrogen and oxygen atoms in total. The van der Waals surface area contributed by atoms with Gasteiger partial charge in [-0.1, -0.05) is 24.3 Å². The van der Waals surface area contributed by atoms with Gasteiger partial charge in [0.25, 0.3) is 0 Å². The third-order valence-electron chi connectivity index (χ3n) is 2.58. The predicted octanol–water partition coefficient (Wildman–Crippen LogP) is 3.76. The molecule has 0 heterocycles. The Morgan fingerprint density at radius 2 is 1.76 bits per heavy atom. The van der Waals surface area contributed by atoms with Gasteiger partial charge in [0.15, 0.2) is 0 Å². The second-order valence-electron chi connectivity index (χ2n) is 4.11. The Morgan fingerprint density at radius 3 is 2.47 bits per heavy atom. The highest BCUT2D eigenvalue weighted by Crippen LogP contribution is 2.22. The zero-order valence-corrected chi connectivity index (χ0v) is 10.0. The number of phenolic OH excluding ortho intramolecular Hbond substituents is 1. The summed E-state index contributed by atoms with van der Waals surface area (Å²) in [6.45, 7) is 3.90. The van der Waals surface area contributed by atoms with E-state index in [1.807, 2.05) is 56.3 Å². The van der Waals surface area contributed by atoms with Crippen molar-refractivity contribution in [2.75, 3.05) is 0 Å². The number of para-hydroxylation sites is 1. The summed E-state index contributed by atoms with van der Waals surface area (Å²) in [5, 5.41) is 9.91. The van der Waals surface area contributed by atoms with Crippen LogP contribution in [0.25, 0.3) is 0 Å². The largest absolute Gasteiger partial charge is 0.507 e. The van der Waals surface area contributed by atoms with Crippen LogP contribution < -0.4 is 0 Å². The molecule has 0 aliphatic rings. The molecule has 0 bridgehead atoms. The minimum atomic E-state index is 0.301. The molecule has 0 aliphatic heterocycles. The van der Waals surface area contributed by atoms with Crippen LogP contribution >= 0.6 is 0 Å². The first kappa shape index (κ1) is 11.4. The van der Waals surface area contributed by atoms with Crippen LogP contribution in [0.1, 0.15) is 16.7 Å². The van der Waals surface area contributed by atoms with Crippen LogP contribution in [0.4, 0.5) is 5.69 Å². The molecule has 0 amide bonds. The number of hydrogen-bond acceptors (Lipinski definition) is 2. The number of phenols is 1. The van der Waals surface area contributed by atoms with Crippen molar-refractivity contribution in [1.82, 2.24) is 0 Å². The van der Waals surface area contributed by atoms with Gasteiger partial charge in [0.05, 0.1) is 5.69 Å². The van der Waals surface area contributed by atoms with Crippen LogP contribution in [0.2, 0.25) is 0 Å². The van der Waals surface area contributed by atoms with Crippen LogP contribution in [0.5, 0.6) is 5.75 Å². The summed E-state index contributed by atoms with van der Waals surface area (Å²) in [7, 11) is 0. The van der Waals surface area contributed by atoms with E-state index in [1.54, 1.807) is 6.21 Å². The fourth-order valence-corrected chi connectivity index (χ4v) is 1.75. The first-order valence-electron chi connectivity index (χ1n) is 5.56. The van der Waals surface area contributed by atoms with Gasteiger partial charge in [-0.05, 0) is 43.2 Å². The Balaban J connectivity index is 2.33. The van der Waals surface area contributed by atoms with Crippen molar-refractivity contribution < 1.29 is 5.11 Å². The van der Waals surface area contributed by atoms with E-state index in [-0.39, 0.29) is 0 Å². The van der Waals surface area contributed by atoms with Gasteiger partial charge < -0.3 is 5.11 Å². The molecule has 0 spiro atoms. The van der Waals surface area contributed by atoms with Crippen molar-refractivity contribution in [3.63, 3.8) is 0 Å². The van der Waals surface area contributed by atoms with E-state index in [2.05, 4.69) is 4.99 Å². The molecular weight excluding hydrogens is 210 g/mol. The smallest absolute Gasteiger partial charge is 0.127 e. The van der Waals surface area contributed by atoms with Gasteiger partial charge in [-0.15, -0.1) is 0 Å². The van der Waals surface area contributed by atoms with Crippen LogP contribution in [0, 0.1) is 13.8 Å². The minimum absolute atomic E-state index is 0.301. The lowest BCUT2D eigenvalue weighted by atomic mass is 10.1. The molecule has 0 saturated heterocycles. The Bertz CT molecular complexity index is 544. The van der Waals surface area contributed by atoms with Crippen molar-refractivity contribution in [3.8, 4) is 5.75 Å². The molecule has 1 N–H and O–H groups in total. The molecule has 0 aliphatic carbocycles. The second-order valence-corrected chi connectivity index (χ2v) is 4.11. The van der Waals surface area contributed by atoms with Gasteiger partial charge in [0, 0.05) is 11.8 Å². The summed E-state index contributed by atoms with van der Waals surface area (Å²) >= 11 is 0. The zero-order valence-electron chi connectivity index (χ0n) is 10.0. The van der Waals surface area contributed by atoms with Crippen LogP contribution in [0.3, 0.4) is 0 Å². The Morgan fingerprint density at radius 1 is 1.06 bits per heavy atom. The number of rotatable bonds is 2. The predicted molar refractivity (Wildman–Crippen MR) is 71.3 cm³/mol. The molecular formula is C15H15NO. The van der Waals surface area contributed by atoms with Crippen molar-refractivity contribution in [2.24, 2.45) is 4.99 Å². The average molecular weight is 225 g/mol. The minimum Gasteiger partial charge on any atom is -0.507 e. The van der Waals surface area contributed by atoms with Crippen LogP contribution in [-0.4, -0.2) is 11.3 Å². The van der Waals surface area contributed by atoms with Gasteiger partial charge in [-0.2, -0.15) is 0 Å². The number of aromatic hydroxyl groups is 1. The Hall–Kier alpha value is -2.09. The lowest BCUT2D eigenvalue weighted by Gasteiger charge is -2.04. The molecule has 2 aromatic carbocycles. The van der Waals surface area contributed by atoms with E-state index in [9.17, 15) is 5.11 Å². The van der Waals surface area contributed by atoms with Gasteiger partial charge in [-0.3, -0.25) is 4.99 Å². The lowest BCUT2D eigenvalue weighted by Crippen LogP contribution is -1.87. The first-order chi connectivity index (χ1) is 8.16. The van der Waals surface area contributed by atoms with E-state index >= 15 is 0 Å². The molecule has 0 saturated carbocycles. The fourth-order valence-electron chi connectivity index (χ4n) is 1.75. The van der Waals surface area contributed by atoms with Gasteiger partial charge in [0.1, 0.15) is 5.75 Å². The standard InChI is InChI=1S/C15H15NO/c1-11-8-12(2)15(17)13(9-11)10-16-14-6-4-3-5-7-14/h3-10,17H,1-2H3/b16-10+. The summed E-state index contributed by atoms with van der Waals surface area (Å²) in [5.41, 5.74) is 3.63. The van der Waals surface area contributed by atoms with Crippen molar-refractivity contribution in [2.45, 2.75) is 13.8 Å². The zero-order chi connectivity index (χ0) is 12.3. The molecule has 0 atom stereocenters. The maximum Gasteiger partial charge on any atom is 0.127 e. The molecule has 86 valence electrons. The summed E-state index contributed by atoms with van der Waals surface area (Å²) in [4.78, 5) is 4.33. The lowest BCUT2D eigenvalue weighted by molar-refractivity contribution is 0.470. The monoisotopic (exact) mass is 225 g/mol. The molecule has 0 fully saturated rings. The molecule has 2 rings (SSSR count). The van der Waals surface area contributed by atoms with Gasteiger partial charge in [-0.25, -0.2) is 0 Å². The van der Waals surface area contributed by atoms with Crippen molar-refractivity contribution >= 4 is 11.9 Å². The molecule has 0 aromatic heterocycles. The van der Waals surface area contributed by atoms with Gasteiger partial charge in [0.2, 0.25) is 0 Å². The average Bonchev–Trinajstić information content (AvgIpc) is 2.33. The third-order valence-corrected chi connectivity index (χ3v) is 2.58. The highest BCUT2D eigenvalue weighted by molar-refractivity contribution is 5.86. The Kier molecular flexibility index (Phi) is 3.24. The van der Waals surface area contributed by atoms with Crippen molar-refractivity contribution in [1.29, 1.82) is 0 Å². The second kappa shape index (κ2) is 4.83. The molecule has 0 radical (unpaired) electrons. The van der Waals surface area contributed by atoms with E-state index < -0.39 is 0 Å². The molecule has 2 heteroatoms. The number of aliphatic imine (C=N–C) groups is 1. The van der Waals surface area contributed by atoms with Gasteiger partial charge >= 0.3 is 0 Å². The Labute approximate surface area is 101 Å². The highest BCUT2D eigenvalue weighted by Gasteiger charge is 2.02. The maximum absolute atomic E-state index is 9.91. The fraction of sp³-hybridized carbons (Fsp3) is 0.133. The van der Waals surface area contributed by atoms with Crippen molar-refractivity contribution in [3.05, 3.63) is 59.2 Å². The highest BCUT2D eigenvalue weighted by atomic mass is 16.3. The first-order valence-corrected chi connectivity index (χ1v) is 5.56. The summed E-state index contributed by atoms with van der Waals surface area (Å²) < 4.78 is 0. The number of aryl methyl sites for hydroxylation is 2. The number of benzene rings is 2. The SMILES string of the molecule is Cc1cc(C)c(O)c(/C=N/c2ccccc2)c1. The van der Waals surface area contributed by atoms with Crippen LogP contribution in [-0.2, 0) is 0 Å². The maximum atomic E-state index is 9.91.